The molecule has 6 nitrogen and oxygen atoms in total. The zero-order valence-electron chi connectivity index (χ0n) is 11.5. The van der Waals surface area contributed by atoms with Gasteiger partial charge in [0, 0.05) is 19.6 Å². The topological polar surface area (TPSA) is 63.2 Å². The number of morpholine rings is 1. The Labute approximate surface area is 118 Å². The van der Waals surface area contributed by atoms with Crippen LogP contribution < -0.4 is 5.32 Å². The van der Waals surface area contributed by atoms with Gasteiger partial charge in [-0.25, -0.2) is 4.98 Å². The summed E-state index contributed by atoms with van der Waals surface area (Å²) >= 11 is 0. The van der Waals surface area contributed by atoms with E-state index in [1.165, 1.54) is 0 Å². The van der Waals surface area contributed by atoms with Crippen molar-refractivity contribution in [3.63, 3.8) is 0 Å². The number of anilines is 1. The Kier molecular flexibility index (Phi) is 4.35. The third-order valence-electron chi connectivity index (χ3n) is 3.40. The van der Waals surface area contributed by atoms with Gasteiger partial charge in [-0.3, -0.25) is 4.90 Å². The van der Waals surface area contributed by atoms with Gasteiger partial charge < -0.3 is 10.1 Å². The molecule has 1 aliphatic heterocycles. The Bertz CT molecular complexity index is 556. The zero-order chi connectivity index (χ0) is 13.6. The van der Waals surface area contributed by atoms with Crippen LogP contribution in [0.1, 0.15) is 6.42 Å². The largest absolute Gasteiger partial charge is 0.379 e. The molecule has 0 bridgehead atoms. The standard InChI is InChI=1S/C14H19N5O/c1-2-5-13-12(4-1)16-14(18-17-13)15-6-3-7-19-8-10-20-11-9-19/h1-2,4-5H,3,6-11H2,(H,15,16,18). The molecule has 2 heterocycles. The summed E-state index contributed by atoms with van der Waals surface area (Å²) in [7, 11) is 0. The van der Waals surface area contributed by atoms with Gasteiger partial charge in [0.25, 0.3) is 0 Å². The monoisotopic (exact) mass is 273 g/mol. The second-order valence-corrected chi connectivity index (χ2v) is 4.86. The molecule has 0 spiro atoms. The predicted molar refractivity (Wildman–Crippen MR) is 77.7 cm³/mol. The molecule has 3 rings (SSSR count). The number of benzene rings is 1. The summed E-state index contributed by atoms with van der Waals surface area (Å²) in [6.45, 7) is 5.72. The lowest BCUT2D eigenvalue weighted by Gasteiger charge is -2.26. The van der Waals surface area contributed by atoms with Gasteiger partial charge in [0.15, 0.2) is 0 Å². The number of rotatable bonds is 5. The van der Waals surface area contributed by atoms with Crippen LogP contribution in [0.15, 0.2) is 24.3 Å². The van der Waals surface area contributed by atoms with Gasteiger partial charge in [0.05, 0.1) is 18.7 Å². The highest BCUT2D eigenvalue weighted by Crippen LogP contribution is 2.08. The van der Waals surface area contributed by atoms with Crippen LogP contribution in [0.25, 0.3) is 11.0 Å². The fourth-order valence-electron chi connectivity index (χ4n) is 2.28. The van der Waals surface area contributed by atoms with Crippen molar-refractivity contribution in [1.29, 1.82) is 0 Å². The fourth-order valence-corrected chi connectivity index (χ4v) is 2.28. The van der Waals surface area contributed by atoms with Gasteiger partial charge >= 0.3 is 0 Å². The number of hydrogen-bond acceptors (Lipinski definition) is 6. The van der Waals surface area contributed by atoms with Gasteiger partial charge in [-0.15, -0.1) is 10.2 Å². The molecule has 0 atom stereocenters. The summed E-state index contributed by atoms with van der Waals surface area (Å²) in [5.41, 5.74) is 1.70. The molecule has 1 fully saturated rings. The molecule has 1 aliphatic rings. The van der Waals surface area contributed by atoms with E-state index in [1.807, 2.05) is 24.3 Å². The van der Waals surface area contributed by atoms with E-state index in [9.17, 15) is 0 Å². The molecule has 1 aromatic heterocycles. The molecule has 0 saturated carbocycles. The maximum atomic E-state index is 5.33. The van der Waals surface area contributed by atoms with Gasteiger partial charge in [0.2, 0.25) is 5.95 Å². The smallest absolute Gasteiger partial charge is 0.243 e. The number of hydrogen-bond donors (Lipinski definition) is 1. The van der Waals surface area contributed by atoms with Crippen molar-refractivity contribution in [2.24, 2.45) is 0 Å². The molecule has 0 amide bonds. The van der Waals surface area contributed by atoms with Crippen LogP contribution in [0, 0.1) is 0 Å². The van der Waals surface area contributed by atoms with Crippen LogP contribution in [0.4, 0.5) is 5.95 Å². The van der Waals surface area contributed by atoms with Crippen LogP contribution >= 0.6 is 0 Å². The molecule has 2 aromatic rings. The summed E-state index contributed by atoms with van der Waals surface area (Å²) < 4.78 is 5.33. The van der Waals surface area contributed by atoms with Gasteiger partial charge in [-0.2, -0.15) is 0 Å². The number of fused-ring (bicyclic) bond motifs is 1. The SMILES string of the molecule is c1ccc2nc(NCCCN3CCOCC3)nnc2c1. The lowest BCUT2D eigenvalue weighted by molar-refractivity contribution is 0.0378. The van der Waals surface area contributed by atoms with Crippen molar-refractivity contribution >= 4 is 17.0 Å². The zero-order valence-corrected chi connectivity index (χ0v) is 11.5. The van der Waals surface area contributed by atoms with Crippen LogP contribution in [0.3, 0.4) is 0 Å². The van der Waals surface area contributed by atoms with E-state index in [4.69, 9.17) is 4.74 Å². The van der Waals surface area contributed by atoms with Crippen LogP contribution in [0.2, 0.25) is 0 Å². The molecule has 1 aromatic carbocycles. The van der Waals surface area contributed by atoms with E-state index < -0.39 is 0 Å². The van der Waals surface area contributed by atoms with Gasteiger partial charge in [0.1, 0.15) is 5.52 Å². The Morgan fingerprint density at radius 3 is 2.75 bits per heavy atom. The Morgan fingerprint density at radius 2 is 1.90 bits per heavy atom. The number of nitrogens with one attached hydrogen (secondary N) is 1. The maximum Gasteiger partial charge on any atom is 0.243 e. The Balaban J connectivity index is 1.47. The fraction of sp³-hybridized carbons (Fsp3) is 0.500. The van der Waals surface area contributed by atoms with Crippen molar-refractivity contribution in [3.05, 3.63) is 24.3 Å². The summed E-state index contributed by atoms with van der Waals surface area (Å²) in [5, 5.41) is 11.5. The molecule has 1 saturated heterocycles. The van der Waals surface area contributed by atoms with Crippen molar-refractivity contribution in [2.75, 3.05) is 44.7 Å². The van der Waals surface area contributed by atoms with E-state index in [0.29, 0.717) is 5.95 Å². The lowest BCUT2D eigenvalue weighted by atomic mass is 10.3. The van der Waals surface area contributed by atoms with E-state index >= 15 is 0 Å². The second kappa shape index (κ2) is 6.58. The normalized spacial score (nSPS) is 16.4. The molecular formula is C14H19N5O. The van der Waals surface area contributed by atoms with Crippen LogP contribution in [0.5, 0.6) is 0 Å². The van der Waals surface area contributed by atoms with Crippen molar-refractivity contribution < 1.29 is 4.74 Å². The van der Waals surface area contributed by atoms with Gasteiger partial charge in [-0.05, 0) is 25.1 Å². The highest BCUT2D eigenvalue weighted by molar-refractivity contribution is 5.73. The van der Waals surface area contributed by atoms with Crippen molar-refractivity contribution in [3.8, 4) is 0 Å². The third-order valence-corrected chi connectivity index (χ3v) is 3.40. The van der Waals surface area contributed by atoms with Gasteiger partial charge in [-0.1, -0.05) is 12.1 Å². The quantitative estimate of drug-likeness (QED) is 0.825. The molecule has 1 N–H and O–H groups in total. The summed E-state index contributed by atoms with van der Waals surface area (Å²) in [6.07, 6.45) is 1.07. The van der Waals surface area contributed by atoms with Crippen LogP contribution in [-0.2, 0) is 4.74 Å². The molecule has 0 aliphatic carbocycles. The van der Waals surface area contributed by atoms with Crippen molar-refractivity contribution in [1.82, 2.24) is 20.1 Å². The third kappa shape index (κ3) is 3.40. The average Bonchev–Trinajstić information content (AvgIpc) is 2.52. The number of nitrogens with zero attached hydrogens (tertiary/aromatic N) is 4. The van der Waals surface area contributed by atoms with E-state index in [0.717, 1.165) is 56.8 Å². The minimum Gasteiger partial charge on any atom is -0.379 e. The Hall–Kier alpha value is -1.79. The first kappa shape index (κ1) is 13.2. The first-order valence-corrected chi connectivity index (χ1v) is 7.05. The predicted octanol–water partition coefficient (Wildman–Crippen LogP) is 1.16. The number of aromatic nitrogens is 3. The van der Waals surface area contributed by atoms with E-state index in [2.05, 4.69) is 25.4 Å². The minimum absolute atomic E-state index is 0.602. The average molecular weight is 273 g/mol. The number of ether oxygens (including phenoxy) is 1. The molecule has 0 radical (unpaired) electrons. The second-order valence-electron chi connectivity index (χ2n) is 4.86. The summed E-state index contributed by atoms with van der Waals surface area (Å²) in [6, 6.07) is 7.76. The summed E-state index contributed by atoms with van der Waals surface area (Å²) in [4.78, 5) is 6.86. The highest BCUT2D eigenvalue weighted by Gasteiger charge is 2.09. The van der Waals surface area contributed by atoms with E-state index in [1.54, 1.807) is 0 Å². The molecular weight excluding hydrogens is 254 g/mol. The molecule has 20 heavy (non-hydrogen) atoms. The Morgan fingerprint density at radius 1 is 1.10 bits per heavy atom. The molecule has 106 valence electrons. The number of para-hydroxylation sites is 1. The van der Waals surface area contributed by atoms with Crippen LogP contribution in [-0.4, -0.2) is 59.5 Å². The van der Waals surface area contributed by atoms with Crippen molar-refractivity contribution in [2.45, 2.75) is 6.42 Å². The molecule has 0 unspecified atom stereocenters. The highest BCUT2D eigenvalue weighted by atomic mass is 16.5. The first-order valence-electron chi connectivity index (χ1n) is 7.05. The van der Waals surface area contributed by atoms with E-state index in [-0.39, 0.29) is 0 Å². The lowest BCUT2D eigenvalue weighted by Crippen LogP contribution is -2.37. The first-order chi connectivity index (χ1) is 9.92. The maximum absolute atomic E-state index is 5.33. The summed E-state index contributed by atoms with van der Waals surface area (Å²) in [5.74, 6) is 0.602. The minimum atomic E-state index is 0.602. The molecule has 6 heteroatoms.